The van der Waals surface area contributed by atoms with Crippen molar-refractivity contribution in [2.45, 2.75) is 53.4 Å². The summed E-state index contributed by atoms with van der Waals surface area (Å²) in [5.41, 5.74) is 0. The molecule has 3 unspecified atom stereocenters. The molecule has 0 aliphatic heterocycles. The molecule has 1 fully saturated rings. The number of carboxylic acid groups (broad SMARTS) is 1. The number of carbonyl (C=O) groups is 3. The van der Waals surface area contributed by atoms with E-state index in [1.807, 2.05) is 6.92 Å². The van der Waals surface area contributed by atoms with Crippen molar-refractivity contribution in [3.05, 3.63) is 0 Å². The van der Waals surface area contributed by atoms with E-state index in [0.717, 1.165) is 12.8 Å². The number of carboxylic acids is 1. The first-order chi connectivity index (χ1) is 9.97. The third-order valence-corrected chi connectivity index (χ3v) is 3.97. The summed E-state index contributed by atoms with van der Waals surface area (Å²) < 4.78 is 10.0. The molecule has 0 aromatic rings. The maximum atomic E-state index is 11.9. The van der Waals surface area contributed by atoms with Gasteiger partial charge in [0.2, 0.25) is 0 Å². The molecule has 1 saturated carbocycles. The van der Waals surface area contributed by atoms with Crippen molar-refractivity contribution < 1.29 is 29.0 Å². The molecule has 1 aliphatic rings. The van der Waals surface area contributed by atoms with Gasteiger partial charge in [-0.05, 0) is 19.3 Å². The highest BCUT2D eigenvalue weighted by Gasteiger charge is 2.36. The maximum Gasteiger partial charge on any atom is 0.309 e. The molecule has 1 rings (SSSR count). The van der Waals surface area contributed by atoms with E-state index in [9.17, 15) is 14.4 Å². The zero-order chi connectivity index (χ0) is 15.8. The first-order valence-corrected chi connectivity index (χ1v) is 7.53. The summed E-state index contributed by atoms with van der Waals surface area (Å²) in [5.74, 6) is -3.16. The lowest BCUT2D eigenvalue weighted by Gasteiger charge is -2.26. The van der Waals surface area contributed by atoms with Crippen molar-refractivity contribution in [3.8, 4) is 0 Å². The van der Waals surface area contributed by atoms with Crippen LogP contribution in [0.25, 0.3) is 0 Å². The van der Waals surface area contributed by atoms with Gasteiger partial charge in [0.25, 0.3) is 0 Å². The van der Waals surface area contributed by atoms with Crippen LogP contribution in [-0.2, 0) is 23.9 Å². The van der Waals surface area contributed by atoms with Crippen LogP contribution in [-0.4, -0.2) is 36.2 Å². The molecular formula is C16H28O6. The van der Waals surface area contributed by atoms with Gasteiger partial charge in [0.1, 0.15) is 13.2 Å². The van der Waals surface area contributed by atoms with Gasteiger partial charge in [-0.1, -0.05) is 34.1 Å². The molecule has 6 nitrogen and oxygen atoms in total. The molecule has 3 atom stereocenters. The SMILES string of the molecule is C.CCC(C)C(=O)OCCOC(=O)C1CCCCC1C(=O)O. The third-order valence-electron chi connectivity index (χ3n) is 3.97. The summed E-state index contributed by atoms with van der Waals surface area (Å²) in [7, 11) is 0. The minimum absolute atomic E-state index is 0. The van der Waals surface area contributed by atoms with E-state index >= 15 is 0 Å². The van der Waals surface area contributed by atoms with E-state index < -0.39 is 23.8 Å². The number of carbonyl (C=O) groups excluding carboxylic acids is 2. The number of hydrogen-bond acceptors (Lipinski definition) is 5. The highest BCUT2D eigenvalue weighted by molar-refractivity contribution is 5.81. The van der Waals surface area contributed by atoms with Gasteiger partial charge in [0.15, 0.2) is 0 Å². The number of ether oxygens (including phenoxy) is 2. The standard InChI is InChI=1S/C15H24O6.CH4/c1-3-10(2)14(18)20-8-9-21-15(19)12-7-5-4-6-11(12)13(16)17;/h10-12H,3-9H2,1-2H3,(H,16,17);1H4. The van der Waals surface area contributed by atoms with Gasteiger partial charge in [0, 0.05) is 0 Å². The molecule has 0 saturated heterocycles. The summed E-state index contributed by atoms with van der Waals surface area (Å²) in [6, 6.07) is 0. The van der Waals surface area contributed by atoms with Crippen LogP contribution in [0, 0.1) is 17.8 Å². The number of esters is 2. The molecule has 128 valence electrons. The van der Waals surface area contributed by atoms with Crippen molar-refractivity contribution in [2.24, 2.45) is 17.8 Å². The Kier molecular flexibility index (Phi) is 9.45. The van der Waals surface area contributed by atoms with Crippen LogP contribution in [0.15, 0.2) is 0 Å². The lowest BCUT2D eigenvalue weighted by Crippen LogP contribution is -2.34. The van der Waals surface area contributed by atoms with Crippen LogP contribution in [0.2, 0.25) is 0 Å². The molecule has 0 amide bonds. The average molecular weight is 316 g/mol. The largest absolute Gasteiger partial charge is 0.481 e. The second-order valence-electron chi connectivity index (χ2n) is 5.48. The van der Waals surface area contributed by atoms with Crippen LogP contribution in [0.1, 0.15) is 53.4 Å². The molecule has 0 heterocycles. The highest BCUT2D eigenvalue weighted by atomic mass is 16.6. The van der Waals surface area contributed by atoms with Crippen LogP contribution in [0.3, 0.4) is 0 Å². The molecule has 1 aliphatic carbocycles. The first kappa shape index (κ1) is 20.4. The summed E-state index contributed by atoms with van der Waals surface area (Å²) in [6.07, 6.45) is 3.42. The minimum Gasteiger partial charge on any atom is -0.481 e. The van der Waals surface area contributed by atoms with Crippen LogP contribution >= 0.6 is 0 Å². The Balaban J connectivity index is 0.00000441. The van der Waals surface area contributed by atoms with Crippen LogP contribution in [0.4, 0.5) is 0 Å². The summed E-state index contributed by atoms with van der Waals surface area (Å²) in [4.78, 5) is 34.5. The van der Waals surface area contributed by atoms with E-state index in [1.54, 1.807) is 6.92 Å². The van der Waals surface area contributed by atoms with E-state index in [4.69, 9.17) is 14.6 Å². The lowest BCUT2D eigenvalue weighted by atomic mass is 9.79. The van der Waals surface area contributed by atoms with Crippen LogP contribution < -0.4 is 0 Å². The number of aliphatic carboxylic acids is 1. The Morgan fingerprint density at radius 3 is 2.18 bits per heavy atom. The summed E-state index contributed by atoms with van der Waals surface area (Å²) in [5, 5.41) is 9.11. The fraction of sp³-hybridized carbons (Fsp3) is 0.812. The zero-order valence-electron chi connectivity index (χ0n) is 12.7. The number of rotatable bonds is 7. The van der Waals surface area contributed by atoms with Gasteiger partial charge in [-0.3, -0.25) is 14.4 Å². The fourth-order valence-electron chi connectivity index (χ4n) is 2.41. The molecule has 0 aromatic carbocycles. The second-order valence-corrected chi connectivity index (χ2v) is 5.48. The maximum absolute atomic E-state index is 11.9. The Bertz CT molecular complexity index is 379. The number of hydrogen-bond donors (Lipinski definition) is 1. The first-order valence-electron chi connectivity index (χ1n) is 7.53. The van der Waals surface area contributed by atoms with Gasteiger partial charge in [-0.25, -0.2) is 0 Å². The normalized spacial score (nSPS) is 22.1. The van der Waals surface area contributed by atoms with Gasteiger partial charge >= 0.3 is 17.9 Å². The van der Waals surface area contributed by atoms with Crippen LogP contribution in [0.5, 0.6) is 0 Å². The van der Waals surface area contributed by atoms with Crippen molar-refractivity contribution in [1.29, 1.82) is 0 Å². The molecule has 0 aromatic heterocycles. The van der Waals surface area contributed by atoms with Crippen molar-refractivity contribution in [1.82, 2.24) is 0 Å². The Hall–Kier alpha value is -1.59. The topological polar surface area (TPSA) is 89.9 Å². The van der Waals surface area contributed by atoms with Gasteiger partial charge in [-0.2, -0.15) is 0 Å². The molecule has 0 spiro atoms. The average Bonchev–Trinajstić information content (AvgIpc) is 2.50. The van der Waals surface area contributed by atoms with Gasteiger partial charge < -0.3 is 14.6 Å². The molecule has 22 heavy (non-hydrogen) atoms. The van der Waals surface area contributed by atoms with E-state index in [1.165, 1.54) is 0 Å². The van der Waals surface area contributed by atoms with Crippen molar-refractivity contribution in [3.63, 3.8) is 0 Å². The fourth-order valence-corrected chi connectivity index (χ4v) is 2.41. The van der Waals surface area contributed by atoms with Crippen molar-refractivity contribution >= 4 is 17.9 Å². The highest BCUT2D eigenvalue weighted by Crippen LogP contribution is 2.31. The van der Waals surface area contributed by atoms with E-state index in [0.29, 0.717) is 19.3 Å². The Morgan fingerprint density at radius 2 is 1.64 bits per heavy atom. The zero-order valence-corrected chi connectivity index (χ0v) is 12.7. The quantitative estimate of drug-likeness (QED) is 0.573. The smallest absolute Gasteiger partial charge is 0.309 e. The van der Waals surface area contributed by atoms with Gasteiger partial charge in [0.05, 0.1) is 17.8 Å². The third kappa shape index (κ3) is 6.03. The molecule has 1 N–H and O–H groups in total. The molecule has 0 bridgehead atoms. The Labute approximate surface area is 132 Å². The molecular weight excluding hydrogens is 288 g/mol. The van der Waals surface area contributed by atoms with Crippen molar-refractivity contribution in [2.75, 3.05) is 13.2 Å². The monoisotopic (exact) mass is 316 g/mol. The minimum atomic E-state index is -0.945. The predicted octanol–water partition coefficient (Wildman–Crippen LogP) is 2.65. The van der Waals surface area contributed by atoms with Gasteiger partial charge in [-0.15, -0.1) is 0 Å². The second kappa shape index (κ2) is 10.2. The predicted molar refractivity (Wildman–Crippen MR) is 81.2 cm³/mol. The van der Waals surface area contributed by atoms with E-state index in [2.05, 4.69) is 0 Å². The Morgan fingerprint density at radius 1 is 1.09 bits per heavy atom. The summed E-state index contributed by atoms with van der Waals surface area (Å²) >= 11 is 0. The lowest BCUT2D eigenvalue weighted by molar-refractivity contribution is -0.163. The molecule has 6 heteroatoms. The summed E-state index contributed by atoms with van der Waals surface area (Å²) in [6.45, 7) is 3.65. The molecule has 0 radical (unpaired) electrons. The van der Waals surface area contributed by atoms with E-state index in [-0.39, 0.29) is 32.5 Å².